The Balaban J connectivity index is 1.90. The summed E-state index contributed by atoms with van der Waals surface area (Å²) in [6.07, 6.45) is 4.07. The quantitative estimate of drug-likeness (QED) is 0.493. The fourth-order valence-corrected chi connectivity index (χ4v) is 2.15. The molecular formula is C10H18N2. The van der Waals surface area contributed by atoms with E-state index in [1.807, 2.05) is 0 Å². The van der Waals surface area contributed by atoms with E-state index >= 15 is 0 Å². The zero-order chi connectivity index (χ0) is 8.72. The summed E-state index contributed by atoms with van der Waals surface area (Å²) in [6.45, 7) is 4.21. The molecule has 2 aliphatic carbocycles. The Bertz CT molecular complexity index is 198. The molecule has 0 aromatic heterocycles. The van der Waals surface area contributed by atoms with Gasteiger partial charge in [0.15, 0.2) is 0 Å². The minimum absolute atomic E-state index is 0.418. The molecule has 2 rings (SSSR count). The maximum atomic E-state index is 5.81. The van der Waals surface area contributed by atoms with E-state index in [0.29, 0.717) is 12.0 Å². The summed E-state index contributed by atoms with van der Waals surface area (Å²) in [7, 11) is 0. The third-order valence-electron chi connectivity index (χ3n) is 3.14. The number of aliphatic imine (C=N–C) groups is 1. The highest BCUT2D eigenvalue weighted by Crippen LogP contribution is 2.52. The lowest BCUT2D eigenvalue weighted by Gasteiger charge is -2.09. The van der Waals surface area contributed by atoms with Crippen LogP contribution in [0, 0.1) is 17.8 Å². The first-order valence-corrected chi connectivity index (χ1v) is 5.00. The van der Waals surface area contributed by atoms with Gasteiger partial charge in [-0.05, 0) is 31.1 Å². The van der Waals surface area contributed by atoms with Crippen molar-refractivity contribution in [2.45, 2.75) is 39.2 Å². The molecule has 2 saturated carbocycles. The summed E-state index contributed by atoms with van der Waals surface area (Å²) in [6, 6.07) is 0.566. The van der Waals surface area contributed by atoms with Gasteiger partial charge in [0.2, 0.25) is 0 Å². The van der Waals surface area contributed by atoms with Gasteiger partial charge in [0, 0.05) is 5.92 Å². The van der Waals surface area contributed by atoms with Crippen LogP contribution in [0.5, 0.6) is 0 Å². The first-order valence-electron chi connectivity index (χ1n) is 5.00. The van der Waals surface area contributed by atoms with Gasteiger partial charge in [0.05, 0.1) is 11.9 Å². The molecule has 12 heavy (non-hydrogen) atoms. The van der Waals surface area contributed by atoms with E-state index in [1.54, 1.807) is 0 Å². The Morgan fingerprint density at radius 1 is 1.25 bits per heavy atom. The molecule has 2 atom stereocenters. The lowest BCUT2D eigenvalue weighted by molar-refractivity contribution is 0.610. The molecule has 2 heteroatoms. The summed E-state index contributed by atoms with van der Waals surface area (Å²) in [5.74, 6) is 3.29. The number of nitrogens with zero attached hydrogens (tertiary/aromatic N) is 1. The van der Waals surface area contributed by atoms with Gasteiger partial charge in [0.25, 0.3) is 0 Å². The SMILES string of the molecule is CC(C)C(N)=NC1CC2CC2C1. The second-order valence-electron chi connectivity index (χ2n) is 4.59. The molecule has 2 aliphatic rings. The predicted molar refractivity (Wildman–Crippen MR) is 51.1 cm³/mol. The first kappa shape index (κ1) is 8.09. The highest BCUT2D eigenvalue weighted by atomic mass is 14.9. The summed E-state index contributed by atoms with van der Waals surface area (Å²) < 4.78 is 0. The zero-order valence-corrected chi connectivity index (χ0v) is 7.96. The van der Waals surface area contributed by atoms with E-state index in [2.05, 4.69) is 18.8 Å². The van der Waals surface area contributed by atoms with Gasteiger partial charge in [-0.15, -0.1) is 0 Å². The third kappa shape index (κ3) is 1.47. The van der Waals surface area contributed by atoms with Crippen LogP contribution in [0.3, 0.4) is 0 Å². The molecule has 2 unspecified atom stereocenters. The maximum absolute atomic E-state index is 5.81. The molecule has 0 heterocycles. The summed E-state index contributed by atoms with van der Waals surface area (Å²) >= 11 is 0. The van der Waals surface area contributed by atoms with Gasteiger partial charge >= 0.3 is 0 Å². The standard InChI is InChI=1S/C10H18N2/c1-6(2)10(11)12-9-4-7-3-8(7)5-9/h6-9H,3-5H2,1-2H3,(H2,11,12). The maximum Gasteiger partial charge on any atom is 0.0966 e. The smallest absolute Gasteiger partial charge is 0.0966 e. The first-order chi connectivity index (χ1) is 5.66. The molecule has 68 valence electrons. The van der Waals surface area contributed by atoms with E-state index in [0.717, 1.165) is 17.7 Å². The van der Waals surface area contributed by atoms with Crippen LogP contribution in [0.4, 0.5) is 0 Å². The van der Waals surface area contributed by atoms with Crippen molar-refractivity contribution >= 4 is 5.84 Å². The number of nitrogens with two attached hydrogens (primary N) is 1. The van der Waals surface area contributed by atoms with Gasteiger partial charge in [-0.2, -0.15) is 0 Å². The minimum Gasteiger partial charge on any atom is -0.387 e. The molecular weight excluding hydrogens is 148 g/mol. The van der Waals surface area contributed by atoms with Crippen molar-refractivity contribution in [2.75, 3.05) is 0 Å². The molecule has 0 aromatic rings. The van der Waals surface area contributed by atoms with Crippen LogP contribution in [0.25, 0.3) is 0 Å². The van der Waals surface area contributed by atoms with Crippen molar-refractivity contribution in [3.05, 3.63) is 0 Å². The van der Waals surface area contributed by atoms with Gasteiger partial charge in [-0.25, -0.2) is 0 Å². The monoisotopic (exact) mass is 166 g/mol. The largest absolute Gasteiger partial charge is 0.387 e. The number of fused-ring (bicyclic) bond motifs is 1. The average molecular weight is 166 g/mol. The summed E-state index contributed by atoms with van der Waals surface area (Å²) in [5.41, 5.74) is 5.81. The normalized spacial score (nSPS) is 40.2. The Hall–Kier alpha value is -0.530. The molecule has 0 aromatic carbocycles. The third-order valence-corrected chi connectivity index (χ3v) is 3.14. The van der Waals surface area contributed by atoms with Crippen LogP contribution >= 0.6 is 0 Å². The van der Waals surface area contributed by atoms with Crippen LogP contribution in [0.1, 0.15) is 33.1 Å². The highest BCUT2D eigenvalue weighted by Gasteiger charge is 2.45. The molecule has 0 saturated heterocycles. The fourth-order valence-electron chi connectivity index (χ4n) is 2.15. The second-order valence-corrected chi connectivity index (χ2v) is 4.59. The van der Waals surface area contributed by atoms with Crippen molar-refractivity contribution < 1.29 is 0 Å². The van der Waals surface area contributed by atoms with Gasteiger partial charge < -0.3 is 5.73 Å². The van der Waals surface area contributed by atoms with Crippen molar-refractivity contribution in [1.82, 2.24) is 0 Å². The predicted octanol–water partition coefficient (Wildman–Crippen LogP) is 1.80. The van der Waals surface area contributed by atoms with Crippen LogP contribution in [-0.4, -0.2) is 11.9 Å². The van der Waals surface area contributed by atoms with E-state index in [-0.39, 0.29) is 0 Å². The van der Waals surface area contributed by atoms with Crippen LogP contribution in [0.15, 0.2) is 4.99 Å². The zero-order valence-electron chi connectivity index (χ0n) is 7.96. The number of hydrogen-bond donors (Lipinski definition) is 1. The van der Waals surface area contributed by atoms with Crippen molar-refractivity contribution in [3.63, 3.8) is 0 Å². The molecule has 2 fully saturated rings. The lowest BCUT2D eigenvalue weighted by atomic mass is 10.1. The Kier molecular flexibility index (Phi) is 1.85. The fraction of sp³-hybridized carbons (Fsp3) is 0.900. The van der Waals surface area contributed by atoms with Crippen LogP contribution in [-0.2, 0) is 0 Å². The van der Waals surface area contributed by atoms with Gasteiger partial charge in [-0.3, -0.25) is 4.99 Å². The van der Waals surface area contributed by atoms with E-state index in [1.165, 1.54) is 19.3 Å². The number of amidine groups is 1. The number of hydrogen-bond acceptors (Lipinski definition) is 1. The van der Waals surface area contributed by atoms with E-state index in [9.17, 15) is 0 Å². The molecule has 0 aliphatic heterocycles. The Labute approximate surface area is 74.2 Å². The second kappa shape index (κ2) is 2.75. The molecule has 0 spiro atoms. The van der Waals surface area contributed by atoms with Gasteiger partial charge in [-0.1, -0.05) is 13.8 Å². The molecule has 0 amide bonds. The van der Waals surface area contributed by atoms with E-state index in [4.69, 9.17) is 5.73 Å². The Morgan fingerprint density at radius 3 is 2.33 bits per heavy atom. The van der Waals surface area contributed by atoms with Crippen molar-refractivity contribution in [1.29, 1.82) is 0 Å². The molecule has 2 N–H and O–H groups in total. The average Bonchev–Trinajstić information content (AvgIpc) is 2.59. The molecule has 0 bridgehead atoms. The lowest BCUT2D eigenvalue weighted by Crippen LogP contribution is -2.21. The van der Waals surface area contributed by atoms with Crippen molar-refractivity contribution in [2.24, 2.45) is 28.5 Å². The molecule has 2 nitrogen and oxygen atoms in total. The van der Waals surface area contributed by atoms with Gasteiger partial charge in [0.1, 0.15) is 0 Å². The van der Waals surface area contributed by atoms with Crippen LogP contribution < -0.4 is 5.73 Å². The Morgan fingerprint density at radius 2 is 1.83 bits per heavy atom. The summed E-state index contributed by atoms with van der Waals surface area (Å²) in [4.78, 5) is 4.55. The topological polar surface area (TPSA) is 38.4 Å². The molecule has 0 radical (unpaired) electrons. The van der Waals surface area contributed by atoms with E-state index < -0.39 is 0 Å². The van der Waals surface area contributed by atoms with Crippen molar-refractivity contribution in [3.8, 4) is 0 Å². The highest BCUT2D eigenvalue weighted by molar-refractivity contribution is 5.82. The minimum atomic E-state index is 0.418. The van der Waals surface area contributed by atoms with Crippen LogP contribution in [0.2, 0.25) is 0 Å². The number of rotatable bonds is 2. The summed E-state index contributed by atoms with van der Waals surface area (Å²) in [5, 5.41) is 0.